The molecule has 3 heterocycles. The van der Waals surface area contributed by atoms with Crippen molar-refractivity contribution in [1.82, 2.24) is 24.8 Å². The zero-order chi connectivity index (χ0) is 18.6. The zero-order valence-electron chi connectivity index (χ0n) is 16.2. The molecule has 2 aromatic rings. The van der Waals surface area contributed by atoms with Gasteiger partial charge >= 0.3 is 0 Å². The quantitative estimate of drug-likeness (QED) is 0.890. The number of imidazole rings is 1. The highest BCUT2D eigenvalue weighted by molar-refractivity contribution is 5.76. The van der Waals surface area contributed by atoms with Gasteiger partial charge in [-0.25, -0.2) is 15.0 Å². The van der Waals surface area contributed by atoms with Crippen molar-refractivity contribution in [2.45, 2.75) is 64.2 Å². The first-order valence-corrected chi connectivity index (χ1v) is 10.3. The van der Waals surface area contributed by atoms with Crippen LogP contribution in [0.25, 0.3) is 11.5 Å². The summed E-state index contributed by atoms with van der Waals surface area (Å²) in [4.78, 5) is 31.6. The number of rotatable bonds is 4. The lowest BCUT2D eigenvalue weighted by Gasteiger charge is -2.33. The van der Waals surface area contributed by atoms with Gasteiger partial charge in [0.15, 0.2) is 5.82 Å². The summed E-state index contributed by atoms with van der Waals surface area (Å²) < 4.78 is 0. The van der Waals surface area contributed by atoms with Gasteiger partial charge in [0, 0.05) is 43.5 Å². The van der Waals surface area contributed by atoms with Crippen LogP contribution in [0.2, 0.25) is 0 Å². The van der Waals surface area contributed by atoms with Crippen LogP contribution in [-0.4, -0.2) is 43.8 Å². The zero-order valence-corrected chi connectivity index (χ0v) is 16.2. The lowest BCUT2D eigenvalue weighted by atomic mass is 9.86. The molecule has 0 atom stereocenters. The number of aromatic nitrogens is 4. The molecule has 6 heteroatoms. The van der Waals surface area contributed by atoms with Gasteiger partial charge in [0.1, 0.15) is 11.5 Å². The van der Waals surface area contributed by atoms with Crippen LogP contribution in [0.5, 0.6) is 0 Å². The summed E-state index contributed by atoms with van der Waals surface area (Å²) in [5, 5.41) is 0. The topological polar surface area (TPSA) is 74.8 Å². The first-order valence-electron chi connectivity index (χ1n) is 10.3. The van der Waals surface area contributed by atoms with Gasteiger partial charge in [-0.3, -0.25) is 4.79 Å². The number of aryl methyl sites for hydroxylation is 1. The van der Waals surface area contributed by atoms with Gasteiger partial charge in [-0.05, 0) is 44.6 Å². The molecule has 0 bridgehead atoms. The SMILES string of the molecule is Cc1cc(-c2ncc[nH]2)nc(C2CCN(C(=O)CC3CCCCC3)CC2)n1. The molecule has 6 nitrogen and oxygen atoms in total. The monoisotopic (exact) mass is 367 g/mol. The van der Waals surface area contributed by atoms with E-state index >= 15 is 0 Å². The van der Waals surface area contributed by atoms with Crippen molar-refractivity contribution >= 4 is 5.91 Å². The summed E-state index contributed by atoms with van der Waals surface area (Å²) in [6.45, 7) is 3.65. The van der Waals surface area contributed by atoms with Crippen LogP contribution in [0.4, 0.5) is 0 Å². The highest BCUT2D eigenvalue weighted by atomic mass is 16.2. The molecule has 144 valence electrons. The molecular weight excluding hydrogens is 338 g/mol. The Morgan fingerprint density at radius 3 is 2.63 bits per heavy atom. The second kappa shape index (κ2) is 8.19. The van der Waals surface area contributed by atoms with E-state index in [0.29, 0.717) is 17.7 Å². The predicted octanol–water partition coefficient (Wildman–Crippen LogP) is 3.85. The number of amides is 1. The number of carbonyl (C=O) groups excluding carboxylic acids is 1. The molecule has 0 aromatic carbocycles. The van der Waals surface area contributed by atoms with Crippen molar-refractivity contribution in [3.8, 4) is 11.5 Å². The maximum atomic E-state index is 12.7. The Labute approximate surface area is 160 Å². The Morgan fingerprint density at radius 2 is 1.93 bits per heavy atom. The number of nitrogens with one attached hydrogen (secondary N) is 1. The van der Waals surface area contributed by atoms with Gasteiger partial charge in [-0.1, -0.05) is 19.3 Å². The van der Waals surface area contributed by atoms with E-state index in [0.717, 1.165) is 55.4 Å². The fraction of sp³-hybridized carbons (Fsp3) is 0.619. The molecule has 0 spiro atoms. The van der Waals surface area contributed by atoms with Gasteiger partial charge in [-0.2, -0.15) is 0 Å². The van der Waals surface area contributed by atoms with E-state index in [9.17, 15) is 4.79 Å². The summed E-state index contributed by atoms with van der Waals surface area (Å²) in [5.41, 5.74) is 1.81. The van der Waals surface area contributed by atoms with Crippen LogP contribution in [-0.2, 0) is 4.79 Å². The van der Waals surface area contributed by atoms with Gasteiger partial charge in [-0.15, -0.1) is 0 Å². The third kappa shape index (κ3) is 4.37. The van der Waals surface area contributed by atoms with E-state index in [1.807, 2.05) is 19.2 Å². The summed E-state index contributed by atoms with van der Waals surface area (Å²) in [5.74, 6) is 2.95. The van der Waals surface area contributed by atoms with Crippen molar-refractivity contribution in [3.63, 3.8) is 0 Å². The third-order valence-electron chi connectivity index (χ3n) is 6.01. The van der Waals surface area contributed by atoms with E-state index in [4.69, 9.17) is 4.98 Å². The molecule has 0 radical (unpaired) electrons. The second-order valence-electron chi connectivity index (χ2n) is 8.05. The molecule has 2 aliphatic rings. The Morgan fingerprint density at radius 1 is 1.15 bits per heavy atom. The summed E-state index contributed by atoms with van der Waals surface area (Å²) in [7, 11) is 0. The first kappa shape index (κ1) is 18.1. The molecule has 4 rings (SSSR count). The maximum Gasteiger partial charge on any atom is 0.222 e. The standard InChI is InChI=1S/C21H29N5O/c1-15-13-18(21-22-9-10-23-21)25-20(24-15)17-7-11-26(12-8-17)19(27)14-16-5-3-2-4-6-16/h9-10,13,16-17H,2-8,11-12,14H2,1H3,(H,22,23). The highest BCUT2D eigenvalue weighted by Crippen LogP contribution is 2.30. The first-order chi connectivity index (χ1) is 13.2. The maximum absolute atomic E-state index is 12.7. The van der Waals surface area contributed by atoms with E-state index in [1.54, 1.807) is 6.20 Å². The lowest BCUT2D eigenvalue weighted by Crippen LogP contribution is -2.39. The number of hydrogen-bond donors (Lipinski definition) is 1. The molecule has 1 saturated carbocycles. The molecule has 1 saturated heterocycles. The van der Waals surface area contributed by atoms with Gasteiger partial charge in [0.05, 0.1) is 0 Å². The van der Waals surface area contributed by atoms with Gasteiger partial charge in [0.2, 0.25) is 5.91 Å². The molecule has 1 aliphatic heterocycles. The largest absolute Gasteiger partial charge is 0.343 e. The molecule has 2 fully saturated rings. The minimum absolute atomic E-state index is 0.317. The minimum Gasteiger partial charge on any atom is -0.343 e. The van der Waals surface area contributed by atoms with Crippen LogP contribution in [0.3, 0.4) is 0 Å². The van der Waals surface area contributed by atoms with Crippen molar-refractivity contribution in [1.29, 1.82) is 0 Å². The Balaban J connectivity index is 1.37. The average Bonchev–Trinajstić information content (AvgIpc) is 3.23. The average molecular weight is 367 g/mol. The van der Waals surface area contributed by atoms with E-state index in [1.165, 1.54) is 32.1 Å². The van der Waals surface area contributed by atoms with E-state index in [-0.39, 0.29) is 0 Å². The predicted molar refractivity (Wildman–Crippen MR) is 104 cm³/mol. The summed E-state index contributed by atoms with van der Waals surface area (Å²) in [6.07, 6.45) is 12.6. The lowest BCUT2D eigenvalue weighted by molar-refractivity contribution is -0.133. The van der Waals surface area contributed by atoms with E-state index in [2.05, 4.69) is 19.9 Å². The number of H-pyrrole nitrogens is 1. The number of hydrogen-bond acceptors (Lipinski definition) is 4. The Bertz CT molecular complexity index is 759. The molecule has 27 heavy (non-hydrogen) atoms. The minimum atomic E-state index is 0.317. The molecule has 0 unspecified atom stereocenters. The normalized spacial score (nSPS) is 19.4. The molecule has 2 aromatic heterocycles. The van der Waals surface area contributed by atoms with Crippen LogP contribution in [0.1, 0.15) is 68.8 Å². The Kier molecular flexibility index (Phi) is 5.50. The summed E-state index contributed by atoms with van der Waals surface area (Å²) >= 11 is 0. The van der Waals surface area contributed by atoms with Crippen molar-refractivity contribution < 1.29 is 4.79 Å². The van der Waals surface area contributed by atoms with Crippen molar-refractivity contribution in [2.24, 2.45) is 5.92 Å². The number of nitrogens with zero attached hydrogens (tertiary/aromatic N) is 4. The van der Waals surface area contributed by atoms with Crippen LogP contribution >= 0.6 is 0 Å². The number of likely N-dealkylation sites (tertiary alicyclic amines) is 1. The fourth-order valence-corrected chi connectivity index (χ4v) is 4.46. The fourth-order valence-electron chi connectivity index (χ4n) is 4.46. The molecule has 1 amide bonds. The van der Waals surface area contributed by atoms with Crippen LogP contribution in [0, 0.1) is 12.8 Å². The second-order valence-corrected chi connectivity index (χ2v) is 8.05. The van der Waals surface area contributed by atoms with E-state index < -0.39 is 0 Å². The van der Waals surface area contributed by atoms with Crippen LogP contribution in [0.15, 0.2) is 18.5 Å². The van der Waals surface area contributed by atoms with Gasteiger partial charge in [0.25, 0.3) is 0 Å². The smallest absolute Gasteiger partial charge is 0.222 e. The highest BCUT2D eigenvalue weighted by Gasteiger charge is 2.27. The summed E-state index contributed by atoms with van der Waals surface area (Å²) in [6, 6.07) is 1.96. The number of carbonyl (C=O) groups is 1. The molecular formula is C21H29N5O. The molecule has 1 aliphatic carbocycles. The number of aromatic amines is 1. The Hall–Kier alpha value is -2.24. The third-order valence-corrected chi connectivity index (χ3v) is 6.01. The van der Waals surface area contributed by atoms with Crippen LogP contribution < -0.4 is 0 Å². The molecule has 1 N–H and O–H groups in total. The number of piperidine rings is 1. The van der Waals surface area contributed by atoms with Gasteiger partial charge < -0.3 is 9.88 Å². The van der Waals surface area contributed by atoms with Crippen molar-refractivity contribution in [2.75, 3.05) is 13.1 Å². The van der Waals surface area contributed by atoms with Crippen molar-refractivity contribution in [3.05, 3.63) is 30.0 Å².